The SMILES string of the molecule is CC(C)CCC[C@](C)(O)[C@H]1CC[C@H]2[C@@H]3CCC4=CC(=O)C=C[C@]4(C)[C@H]3CC[C@@]21C. The summed E-state index contributed by atoms with van der Waals surface area (Å²) in [6.07, 6.45) is 16.5. The second kappa shape index (κ2) is 7.36. The Morgan fingerprint density at radius 3 is 2.66 bits per heavy atom. The summed E-state index contributed by atoms with van der Waals surface area (Å²) in [4.78, 5) is 11.9. The van der Waals surface area contributed by atoms with E-state index in [2.05, 4.69) is 40.7 Å². The van der Waals surface area contributed by atoms with Crippen LogP contribution in [-0.4, -0.2) is 16.5 Å². The first-order valence-electron chi connectivity index (χ1n) is 12.2. The number of allylic oxidation sites excluding steroid dienone is 4. The molecule has 0 bridgehead atoms. The van der Waals surface area contributed by atoms with Crippen LogP contribution in [-0.2, 0) is 4.79 Å². The number of hydrogen-bond acceptors (Lipinski definition) is 2. The van der Waals surface area contributed by atoms with Crippen molar-refractivity contribution in [1.82, 2.24) is 0 Å². The van der Waals surface area contributed by atoms with E-state index in [9.17, 15) is 9.90 Å². The maximum atomic E-state index is 11.9. The van der Waals surface area contributed by atoms with Gasteiger partial charge in [0, 0.05) is 5.41 Å². The lowest BCUT2D eigenvalue weighted by Gasteiger charge is -2.58. The van der Waals surface area contributed by atoms with Gasteiger partial charge in [0.2, 0.25) is 0 Å². The predicted octanol–water partition coefficient (Wildman–Crippen LogP) is 6.49. The lowest BCUT2D eigenvalue weighted by atomic mass is 9.47. The Morgan fingerprint density at radius 1 is 1.17 bits per heavy atom. The molecular formula is C27H42O2. The third-order valence-electron chi connectivity index (χ3n) is 9.77. The molecule has 4 aliphatic rings. The van der Waals surface area contributed by atoms with Crippen LogP contribution in [0.15, 0.2) is 23.8 Å². The zero-order valence-corrected chi connectivity index (χ0v) is 19.3. The van der Waals surface area contributed by atoms with Crippen LogP contribution in [0.2, 0.25) is 0 Å². The molecule has 0 aliphatic heterocycles. The number of fused-ring (bicyclic) bond motifs is 5. The molecule has 4 aliphatic carbocycles. The highest BCUT2D eigenvalue weighted by Crippen LogP contribution is 2.67. The highest BCUT2D eigenvalue weighted by Gasteiger charge is 2.61. The van der Waals surface area contributed by atoms with E-state index in [1.54, 1.807) is 0 Å². The molecule has 0 aromatic carbocycles. The summed E-state index contributed by atoms with van der Waals surface area (Å²) in [6, 6.07) is 0. The van der Waals surface area contributed by atoms with Gasteiger partial charge >= 0.3 is 0 Å². The van der Waals surface area contributed by atoms with Gasteiger partial charge in [-0.1, -0.05) is 52.2 Å². The van der Waals surface area contributed by atoms with Crippen LogP contribution >= 0.6 is 0 Å². The fourth-order valence-corrected chi connectivity index (χ4v) is 8.26. The monoisotopic (exact) mass is 398 g/mol. The molecule has 3 saturated carbocycles. The Morgan fingerprint density at radius 2 is 1.93 bits per heavy atom. The molecule has 0 aromatic heterocycles. The number of carbonyl (C=O) groups is 1. The van der Waals surface area contributed by atoms with Crippen molar-refractivity contribution in [3.8, 4) is 0 Å². The van der Waals surface area contributed by atoms with Gasteiger partial charge in [-0.3, -0.25) is 4.79 Å². The molecule has 0 saturated heterocycles. The fraction of sp³-hybridized carbons (Fsp3) is 0.815. The summed E-state index contributed by atoms with van der Waals surface area (Å²) in [5.41, 5.74) is 1.20. The fourth-order valence-electron chi connectivity index (χ4n) is 8.26. The molecule has 0 heterocycles. The molecule has 3 fully saturated rings. The van der Waals surface area contributed by atoms with Crippen LogP contribution < -0.4 is 0 Å². The zero-order valence-electron chi connectivity index (χ0n) is 19.3. The summed E-state index contributed by atoms with van der Waals surface area (Å²) in [5, 5.41) is 11.5. The van der Waals surface area contributed by atoms with Crippen molar-refractivity contribution in [1.29, 1.82) is 0 Å². The molecular weight excluding hydrogens is 356 g/mol. The van der Waals surface area contributed by atoms with E-state index in [0.717, 1.165) is 31.1 Å². The summed E-state index contributed by atoms with van der Waals surface area (Å²) < 4.78 is 0. The standard InChI is InChI=1S/C27H42O2/c1-18(2)7-6-14-27(5,29)24-11-10-22-21-9-8-19-17-20(28)12-15-25(19,3)23(21)13-16-26(22,24)4/h12,15,17-18,21-24,29H,6-11,13-14,16H2,1-5H3/t21-,22-,23-,24-,25-,26-,27-/m0/s1. The Bertz CT molecular complexity index is 714. The van der Waals surface area contributed by atoms with Crippen molar-refractivity contribution in [3.63, 3.8) is 0 Å². The van der Waals surface area contributed by atoms with Gasteiger partial charge in [-0.2, -0.15) is 0 Å². The van der Waals surface area contributed by atoms with Crippen molar-refractivity contribution in [3.05, 3.63) is 23.8 Å². The Hall–Kier alpha value is -0.890. The van der Waals surface area contributed by atoms with E-state index in [1.165, 1.54) is 44.1 Å². The van der Waals surface area contributed by atoms with Crippen molar-refractivity contribution in [2.45, 2.75) is 98.0 Å². The van der Waals surface area contributed by atoms with E-state index in [-0.39, 0.29) is 16.6 Å². The molecule has 7 atom stereocenters. The van der Waals surface area contributed by atoms with Crippen molar-refractivity contribution in [2.75, 3.05) is 0 Å². The predicted molar refractivity (Wildman–Crippen MR) is 119 cm³/mol. The lowest BCUT2D eigenvalue weighted by Crippen LogP contribution is -2.52. The first-order chi connectivity index (χ1) is 13.6. The first kappa shape index (κ1) is 21.3. The van der Waals surface area contributed by atoms with E-state index < -0.39 is 5.60 Å². The summed E-state index contributed by atoms with van der Waals surface area (Å²) in [5.74, 6) is 3.46. The normalized spacial score (nSPS) is 43.4. The highest BCUT2D eigenvalue weighted by molar-refractivity contribution is 6.01. The van der Waals surface area contributed by atoms with Gasteiger partial charge in [-0.05, 0) is 99.0 Å². The maximum Gasteiger partial charge on any atom is 0.178 e. The smallest absolute Gasteiger partial charge is 0.178 e. The number of hydrogen-bond donors (Lipinski definition) is 1. The topological polar surface area (TPSA) is 37.3 Å². The molecule has 29 heavy (non-hydrogen) atoms. The van der Waals surface area contributed by atoms with Gasteiger partial charge < -0.3 is 5.11 Å². The molecule has 1 N–H and O–H groups in total. The van der Waals surface area contributed by atoms with Crippen molar-refractivity contribution in [2.24, 2.45) is 40.4 Å². The van der Waals surface area contributed by atoms with E-state index >= 15 is 0 Å². The van der Waals surface area contributed by atoms with Crippen LogP contribution in [0.4, 0.5) is 0 Å². The van der Waals surface area contributed by atoms with Crippen molar-refractivity contribution < 1.29 is 9.90 Å². The lowest BCUT2D eigenvalue weighted by molar-refractivity contribution is -0.112. The van der Waals surface area contributed by atoms with Crippen LogP contribution in [0.25, 0.3) is 0 Å². The van der Waals surface area contributed by atoms with Gasteiger partial charge in [0.25, 0.3) is 0 Å². The van der Waals surface area contributed by atoms with Gasteiger partial charge in [-0.15, -0.1) is 0 Å². The number of rotatable bonds is 5. The third-order valence-corrected chi connectivity index (χ3v) is 9.77. The zero-order chi connectivity index (χ0) is 21.0. The Kier molecular flexibility index (Phi) is 5.42. The number of ketones is 1. The maximum absolute atomic E-state index is 11.9. The average molecular weight is 399 g/mol. The summed E-state index contributed by atoms with van der Waals surface area (Å²) >= 11 is 0. The van der Waals surface area contributed by atoms with Crippen LogP contribution in [0.3, 0.4) is 0 Å². The molecule has 0 spiro atoms. The summed E-state index contributed by atoms with van der Waals surface area (Å²) in [7, 11) is 0. The minimum absolute atomic E-state index is 0.0794. The quantitative estimate of drug-likeness (QED) is 0.575. The second-order valence-corrected chi connectivity index (χ2v) is 11.9. The summed E-state index contributed by atoms with van der Waals surface area (Å²) in [6.45, 7) is 11.6. The minimum atomic E-state index is -0.536. The molecule has 0 unspecified atom stereocenters. The molecule has 4 rings (SSSR count). The first-order valence-corrected chi connectivity index (χ1v) is 12.2. The Labute approximate surface area is 178 Å². The largest absolute Gasteiger partial charge is 0.390 e. The van der Waals surface area contributed by atoms with Gasteiger partial charge in [0.1, 0.15) is 0 Å². The minimum Gasteiger partial charge on any atom is -0.390 e. The Balaban J connectivity index is 1.54. The van der Waals surface area contributed by atoms with E-state index in [1.807, 2.05) is 12.2 Å². The second-order valence-electron chi connectivity index (χ2n) is 11.9. The average Bonchev–Trinajstić information content (AvgIpc) is 3.00. The molecule has 0 radical (unpaired) electrons. The van der Waals surface area contributed by atoms with E-state index in [4.69, 9.17) is 0 Å². The number of carbonyl (C=O) groups excluding carboxylic acids is 1. The van der Waals surface area contributed by atoms with Gasteiger partial charge in [0.15, 0.2) is 5.78 Å². The number of aliphatic hydroxyl groups is 1. The van der Waals surface area contributed by atoms with Crippen LogP contribution in [0.5, 0.6) is 0 Å². The van der Waals surface area contributed by atoms with Crippen molar-refractivity contribution >= 4 is 5.78 Å². The van der Waals surface area contributed by atoms with Crippen LogP contribution in [0.1, 0.15) is 92.4 Å². The van der Waals surface area contributed by atoms with E-state index in [0.29, 0.717) is 17.8 Å². The van der Waals surface area contributed by atoms with Gasteiger partial charge in [0.05, 0.1) is 5.60 Å². The van der Waals surface area contributed by atoms with Crippen LogP contribution in [0, 0.1) is 40.4 Å². The molecule has 2 heteroatoms. The molecule has 2 nitrogen and oxygen atoms in total. The third kappa shape index (κ3) is 3.48. The highest BCUT2D eigenvalue weighted by atomic mass is 16.3. The molecule has 0 aromatic rings. The molecule has 0 amide bonds. The molecule has 162 valence electrons. The van der Waals surface area contributed by atoms with Gasteiger partial charge in [-0.25, -0.2) is 0 Å².